The molecule has 0 spiro atoms. The first-order valence-corrected chi connectivity index (χ1v) is 6.06. The molecule has 0 N–H and O–H groups in total. The SMILES string of the molecule is COC(=O)CC(=O)C1CCC2CC1C2(C)C. The molecule has 3 nitrogen and oxygen atoms in total. The lowest BCUT2D eigenvalue weighted by molar-refractivity contribution is -0.153. The van der Waals surface area contributed by atoms with Crippen molar-refractivity contribution in [2.75, 3.05) is 7.11 Å². The Kier molecular flexibility index (Phi) is 2.81. The lowest BCUT2D eigenvalue weighted by Gasteiger charge is -2.59. The van der Waals surface area contributed by atoms with Crippen LogP contribution in [0.4, 0.5) is 0 Å². The minimum atomic E-state index is -0.399. The number of rotatable bonds is 3. The van der Waals surface area contributed by atoms with Gasteiger partial charge < -0.3 is 4.74 Å². The standard InChI is InChI=1S/C13H20O3/c1-13(2)8-4-5-9(10(13)6-8)11(14)7-12(15)16-3/h8-10H,4-7H2,1-3H3. The Morgan fingerprint density at radius 2 is 2.00 bits per heavy atom. The third-order valence-corrected chi connectivity index (χ3v) is 4.82. The number of carbonyl (C=O) groups excluding carboxylic acids is 2. The molecule has 3 rings (SSSR count). The number of fused-ring (bicyclic) bond motifs is 2. The number of carbonyl (C=O) groups is 2. The molecule has 16 heavy (non-hydrogen) atoms. The van der Waals surface area contributed by atoms with Crippen molar-refractivity contribution in [2.24, 2.45) is 23.2 Å². The average molecular weight is 224 g/mol. The third-order valence-electron chi connectivity index (χ3n) is 4.82. The summed E-state index contributed by atoms with van der Waals surface area (Å²) in [5.74, 6) is 1.06. The van der Waals surface area contributed by atoms with Crippen molar-refractivity contribution >= 4 is 11.8 Å². The van der Waals surface area contributed by atoms with Gasteiger partial charge in [0, 0.05) is 5.92 Å². The number of hydrogen-bond acceptors (Lipinski definition) is 3. The lowest BCUT2D eigenvalue weighted by Crippen LogP contribution is -2.54. The van der Waals surface area contributed by atoms with Crippen molar-refractivity contribution in [1.29, 1.82) is 0 Å². The highest BCUT2D eigenvalue weighted by Gasteiger charge is 2.55. The van der Waals surface area contributed by atoms with Gasteiger partial charge in [0.1, 0.15) is 12.2 Å². The van der Waals surface area contributed by atoms with Crippen LogP contribution in [0.3, 0.4) is 0 Å². The molecule has 3 aliphatic rings. The van der Waals surface area contributed by atoms with Gasteiger partial charge in [0.25, 0.3) is 0 Å². The van der Waals surface area contributed by atoms with Gasteiger partial charge >= 0.3 is 5.97 Å². The Labute approximate surface area is 96.5 Å². The molecule has 2 bridgehead atoms. The van der Waals surface area contributed by atoms with Gasteiger partial charge in [-0.15, -0.1) is 0 Å². The van der Waals surface area contributed by atoms with E-state index in [1.54, 1.807) is 0 Å². The molecular formula is C13H20O3. The van der Waals surface area contributed by atoms with E-state index in [2.05, 4.69) is 18.6 Å². The Balaban J connectivity index is 2.00. The van der Waals surface area contributed by atoms with E-state index >= 15 is 0 Å². The summed E-state index contributed by atoms with van der Waals surface area (Å²) in [7, 11) is 1.33. The smallest absolute Gasteiger partial charge is 0.313 e. The van der Waals surface area contributed by atoms with Crippen molar-refractivity contribution in [2.45, 2.75) is 39.5 Å². The van der Waals surface area contributed by atoms with Gasteiger partial charge in [0.2, 0.25) is 0 Å². The van der Waals surface area contributed by atoms with Crippen molar-refractivity contribution in [3.63, 3.8) is 0 Å². The molecule has 3 heteroatoms. The van der Waals surface area contributed by atoms with Gasteiger partial charge in [-0.3, -0.25) is 9.59 Å². The Morgan fingerprint density at radius 3 is 2.50 bits per heavy atom. The van der Waals surface area contributed by atoms with E-state index in [1.807, 2.05) is 0 Å². The van der Waals surface area contributed by atoms with Gasteiger partial charge in [-0.2, -0.15) is 0 Å². The first-order valence-electron chi connectivity index (χ1n) is 6.06. The van der Waals surface area contributed by atoms with Crippen molar-refractivity contribution in [3.8, 4) is 0 Å². The fourth-order valence-corrected chi connectivity index (χ4v) is 3.54. The van der Waals surface area contributed by atoms with Crippen LogP contribution >= 0.6 is 0 Å². The van der Waals surface area contributed by atoms with E-state index in [0.717, 1.165) is 18.8 Å². The number of ether oxygens (including phenoxy) is 1. The number of Topliss-reactive ketones (excluding diaryl/α,β-unsaturated/α-hetero) is 1. The molecule has 0 aliphatic heterocycles. The molecular weight excluding hydrogens is 204 g/mol. The molecule has 3 fully saturated rings. The van der Waals surface area contributed by atoms with Crippen LogP contribution in [0.1, 0.15) is 39.5 Å². The van der Waals surface area contributed by atoms with E-state index in [9.17, 15) is 9.59 Å². The average Bonchev–Trinajstić information content (AvgIpc) is 2.28. The summed E-state index contributed by atoms with van der Waals surface area (Å²) >= 11 is 0. The number of ketones is 1. The van der Waals surface area contributed by atoms with Gasteiger partial charge in [-0.1, -0.05) is 13.8 Å². The molecule has 0 aromatic heterocycles. The largest absolute Gasteiger partial charge is 0.469 e. The zero-order valence-electron chi connectivity index (χ0n) is 10.3. The highest BCUT2D eigenvalue weighted by Crippen LogP contribution is 2.61. The molecule has 0 radical (unpaired) electrons. The normalized spacial score (nSPS) is 35.1. The second kappa shape index (κ2) is 3.86. The van der Waals surface area contributed by atoms with Gasteiger partial charge in [0.15, 0.2) is 0 Å². The van der Waals surface area contributed by atoms with Crippen LogP contribution in [0.15, 0.2) is 0 Å². The first kappa shape index (κ1) is 11.6. The zero-order valence-corrected chi connectivity index (χ0v) is 10.3. The summed E-state index contributed by atoms with van der Waals surface area (Å²) in [5, 5.41) is 0. The Morgan fingerprint density at radius 1 is 1.31 bits per heavy atom. The Hall–Kier alpha value is -0.860. The van der Waals surface area contributed by atoms with Crippen molar-refractivity contribution in [1.82, 2.24) is 0 Å². The van der Waals surface area contributed by atoms with Gasteiger partial charge in [-0.05, 0) is 36.5 Å². The van der Waals surface area contributed by atoms with Crippen LogP contribution < -0.4 is 0 Å². The fraction of sp³-hybridized carbons (Fsp3) is 0.846. The highest BCUT2D eigenvalue weighted by molar-refractivity contribution is 5.97. The van der Waals surface area contributed by atoms with E-state index in [4.69, 9.17) is 0 Å². The minimum Gasteiger partial charge on any atom is -0.469 e. The van der Waals surface area contributed by atoms with Crippen molar-refractivity contribution < 1.29 is 14.3 Å². The molecule has 3 unspecified atom stereocenters. The molecule has 0 aromatic rings. The van der Waals surface area contributed by atoms with Crippen molar-refractivity contribution in [3.05, 3.63) is 0 Å². The second-order valence-electron chi connectivity index (χ2n) is 5.76. The molecule has 0 aromatic carbocycles. The summed E-state index contributed by atoms with van der Waals surface area (Å²) in [6.45, 7) is 4.51. The van der Waals surface area contributed by atoms with E-state index < -0.39 is 5.97 Å². The number of esters is 1. The maximum absolute atomic E-state index is 12.0. The predicted molar refractivity (Wildman–Crippen MR) is 59.7 cm³/mol. The van der Waals surface area contributed by atoms with Crippen LogP contribution in [0.5, 0.6) is 0 Å². The Bertz CT molecular complexity index is 317. The van der Waals surface area contributed by atoms with E-state index in [0.29, 0.717) is 11.3 Å². The van der Waals surface area contributed by atoms with Crippen LogP contribution in [0, 0.1) is 23.2 Å². The molecule has 0 amide bonds. The zero-order chi connectivity index (χ0) is 11.9. The summed E-state index contributed by atoms with van der Waals surface area (Å²) in [5.41, 5.74) is 0.300. The van der Waals surface area contributed by atoms with Gasteiger partial charge in [0.05, 0.1) is 7.11 Å². The molecule has 3 atom stereocenters. The number of methoxy groups -OCH3 is 1. The van der Waals surface area contributed by atoms with Crippen LogP contribution in [-0.2, 0) is 14.3 Å². The van der Waals surface area contributed by atoms with Crippen LogP contribution in [0.25, 0.3) is 0 Å². The monoisotopic (exact) mass is 224 g/mol. The van der Waals surface area contributed by atoms with Crippen LogP contribution in [-0.4, -0.2) is 18.9 Å². The summed E-state index contributed by atoms with van der Waals surface area (Å²) in [6, 6.07) is 0. The highest BCUT2D eigenvalue weighted by atomic mass is 16.5. The second-order valence-corrected chi connectivity index (χ2v) is 5.76. The molecule has 3 aliphatic carbocycles. The third kappa shape index (κ3) is 1.66. The minimum absolute atomic E-state index is 0.0432. The van der Waals surface area contributed by atoms with Gasteiger partial charge in [-0.25, -0.2) is 0 Å². The molecule has 3 saturated carbocycles. The van der Waals surface area contributed by atoms with Crippen LogP contribution in [0.2, 0.25) is 0 Å². The van der Waals surface area contributed by atoms with E-state index in [1.165, 1.54) is 13.5 Å². The topological polar surface area (TPSA) is 43.4 Å². The lowest BCUT2D eigenvalue weighted by atomic mass is 9.45. The quantitative estimate of drug-likeness (QED) is 0.545. The summed E-state index contributed by atoms with van der Waals surface area (Å²) in [4.78, 5) is 23.1. The predicted octanol–water partition coefficient (Wildman–Crippen LogP) is 2.19. The fourth-order valence-electron chi connectivity index (χ4n) is 3.54. The molecule has 0 saturated heterocycles. The summed E-state index contributed by atoms with van der Waals surface area (Å²) < 4.78 is 4.55. The number of hydrogen-bond donors (Lipinski definition) is 0. The van der Waals surface area contributed by atoms with E-state index in [-0.39, 0.29) is 18.1 Å². The summed E-state index contributed by atoms with van der Waals surface area (Å²) in [6.07, 6.45) is 3.23. The first-order chi connectivity index (χ1) is 7.46. The maximum atomic E-state index is 12.0. The maximum Gasteiger partial charge on any atom is 0.313 e. The molecule has 90 valence electrons. The molecule has 0 heterocycles.